The second kappa shape index (κ2) is 8.81. The first-order chi connectivity index (χ1) is 12.2. The van der Waals surface area contributed by atoms with Crippen molar-refractivity contribution in [3.05, 3.63) is 53.3 Å². The molecule has 1 N–H and O–H groups in total. The zero-order chi connectivity index (χ0) is 17.5. The Morgan fingerprint density at radius 1 is 1.12 bits per heavy atom. The van der Waals surface area contributed by atoms with Crippen molar-refractivity contribution in [2.75, 3.05) is 13.1 Å². The van der Waals surface area contributed by atoms with Crippen molar-refractivity contribution in [2.24, 2.45) is 7.05 Å². The molecule has 25 heavy (non-hydrogen) atoms. The second-order valence-electron chi connectivity index (χ2n) is 6.93. The summed E-state index contributed by atoms with van der Waals surface area (Å²) in [5.41, 5.74) is 3.48. The van der Waals surface area contributed by atoms with Crippen LogP contribution in [0.4, 0.5) is 0 Å². The van der Waals surface area contributed by atoms with Gasteiger partial charge in [-0.3, -0.25) is 14.4 Å². The summed E-state index contributed by atoms with van der Waals surface area (Å²) in [6, 6.07) is 8.45. The molecule has 0 bridgehead atoms. The molecule has 5 nitrogen and oxygen atoms in total. The van der Waals surface area contributed by atoms with Crippen LogP contribution in [0, 0.1) is 0 Å². The Morgan fingerprint density at radius 3 is 2.52 bits per heavy atom. The van der Waals surface area contributed by atoms with E-state index in [4.69, 9.17) is 0 Å². The summed E-state index contributed by atoms with van der Waals surface area (Å²) in [4.78, 5) is 14.7. The van der Waals surface area contributed by atoms with Gasteiger partial charge in [0.05, 0.1) is 12.6 Å². The quantitative estimate of drug-likeness (QED) is 0.879. The van der Waals surface area contributed by atoms with Crippen LogP contribution in [0.1, 0.15) is 42.4 Å². The fourth-order valence-electron chi connectivity index (χ4n) is 3.42. The van der Waals surface area contributed by atoms with Gasteiger partial charge >= 0.3 is 0 Å². The number of nitrogens with one attached hydrogen (secondary N) is 1. The van der Waals surface area contributed by atoms with E-state index in [0.717, 1.165) is 12.1 Å². The maximum atomic E-state index is 12.2. The molecule has 0 atom stereocenters. The molecule has 3 rings (SSSR count). The Balaban J connectivity index is 1.55. The van der Waals surface area contributed by atoms with Crippen LogP contribution in [-0.4, -0.2) is 33.7 Å². The zero-order valence-corrected chi connectivity index (χ0v) is 15.1. The summed E-state index contributed by atoms with van der Waals surface area (Å²) in [5, 5.41) is 7.16. The van der Waals surface area contributed by atoms with Gasteiger partial charge in [0, 0.05) is 26.3 Å². The Labute approximate surface area is 150 Å². The van der Waals surface area contributed by atoms with E-state index in [-0.39, 0.29) is 5.91 Å². The van der Waals surface area contributed by atoms with Crippen molar-refractivity contribution in [1.82, 2.24) is 20.0 Å². The van der Waals surface area contributed by atoms with Gasteiger partial charge in [-0.1, -0.05) is 37.1 Å². The van der Waals surface area contributed by atoms with Gasteiger partial charge in [-0.25, -0.2) is 0 Å². The van der Waals surface area contributed by atoms with E-state index >= 15 is 0 Å². The number of likely N-dealkylation sites (tertiary alicyclic amines) is 1. The van der Waals surface area contributed by atoms with Gasteiger partial charge in [0.25, 0.3) is 0 Å². The van der Waals surface area contributed by atoms with Gasteiger partial charge in [-0.05, 0) is 42.6 Å². The minimum Gasteiger partial charge on any atom is -0.352 e. The molecule has 0 spiro atoms. The highest BCUT2D eigenvalue weighted by molar-refractivity contribution is 5.78. The molecule has 1 aliphatic heterocycles. The van der Waals surface area contributed by atoms with Crippen molar-refractivity contribution in [3.63, 3.8) is 0 Å². The Hall–Kier alpha value is -2.14. The van der Waals surface area contributed by atoms with E-state index in [1.807, 2.05) is 13.2 Å². The molecule has 1 saturated heterocycles. The summed E-state index contributed by atoms with van der Waals surface area (Å²) in [7, 11) is 1.86. The van der Waals surface area contributed by atoms with E-state index in [2.05, 4.69) is 39.6 Å². The van der Waals surface area contributed by atoms with E-state index in [0.29, 0.717) is 13.0 Å². The zero-order valence-electron chi connectivity index (χ0n) is 15.1. The number of rotatable bonds is 6. The molecule has 5 heteroatoms. The van der Waals surface area contributed by atoms with Gasteiger partial charge in [0.2, 0.25) is 5.91 Å². The van der Waals surface area contributed by atoms with E-state index in [9.17, 15) is 4.79 Å². The van der Waals surface area contributed by atoms with Crippen LogP contribution in [0.5, 0.6) is 0 Å². The number of nitrogens with zero attached hydrogens (tertiary/aromatic N) is 3. The molecule has 1 amide bonds. The lowest BCUT2D eigenvalue weighted by Crippen LogP contribution is -2.27. The first-order valence-electron chi connectivity index (χ1n) is 9.24. The van der Waals surface area contributed by atoms with Gasteiger partial charge in [-0.2, -0.15) is 5.10 Å². The number of amides is 1. The number of aromatic nitrogens is 2. The number of carbonyl (C=O) groups is 1. The molecule has 1 aromatic carbocycles. The third-order valence-electron chi connectivity index (χ3n) is 4.81. The predicted octanol–water partition coefficient (Wildman–Crippen LogP) is 2.66. The fourth-order valence-corrected chi connectivity index (χ4v) is 3.42. The van der Waals surface area contributed by atoms with Crippen LogP contribution in [0.2, 0.25) is 0 Å². The molecule has 1 aromatic heterocycles. The first kappa shape index (κ1) is 17.7. The molecule has 134 valence electrons. The van der Waals surface area contributed by atoms with Crippen LogP contribution in [0.25, 0.3) is 0 Å². The lowest BCUT2D eigenvalue weighted by atomic mass is 10.1. The monoisotopic (exact) mass is 340 g/mol. The maximum Gasteiger partial charge on any atom is 0.224 e. The Kier molecular flexibility index (Phi) is 6.23. The smallest absolute Gasteiger partial charge is 0.224 e. The fraction of sp³-hybridized carbons (Fsp3) is 0.500. The largest absolute Gasteiger partial charge is 0.352 e. The van der Waals surface area contributed by atoms with Crippen LogP contribution in [0.3, 0.4) is 0 Å². The average molecular weight is 340 g/mol. The molecule has 0 aliphatic carbocycles. The summed E-state index contributed by atoms with van der Waals surface area (Å²) in [5.74, 6) is 0.0394. The molecule has 2 aromatic rings. The Morgan fingerprint density at radius 2 is 1.84 bits per heavy atom. The number of aryl methyl sites for hydroxylation is 1. The molecular weight excluding hydrogens is 312 g/mol. The third-order valence-corrected chi connectivity index (χ3v) is 4.81. The summed E-state index contributed by atoms with van der Waals surface area (Å²) < 4.78 is 1.72. The highest BCUT2D eigenvalue weighted by Crippen LogP contribution is 2.16. The second-order valence-corrected chi connectivity index (χ2v) is 6.93. The van der Waals surface area contributed by atoms with Crippen molar-refractivity contribution < 1.29 is 4.79 Å². The molecule has 1 fully saturated rings. The van der Waals surface area contributed by atoms with Crippen molar-refractivity contribution in [1.29, 1.82) is 0 Å². The van der Waals surface area contributed by atoms with Gasteiger partial charge in [-0.15, -0.1) is 0 Å². The first-order valence-corrected chi connectivity index (χ1v) is 9.24. The van der Waals surface area contributed by atoms with Crippen molar-refractivity contribution in [2.45, 2.75) is 45.2 Å². The number of benzene rings is 1. The molecule has 0 radical (unpaired) electrons. The normalized spacial score (nSPS) is 15.7. The van der Waals surface area contributed by atoms with Gasteiger partial charge < -0.3 is 5.32 Å². The summed E-state index contributed by atoms with van der Waals surface area (Å²) >= 11 is 0. The molecule has 0 saturated carbocycles. The molecule has 0 unspecified atom stereocenters. The molecule has 1 aliphatic rings. The molecule has 2 heterocycles. The van der Waals surface area contributed by atoms with Crippen LogP contribution in [0.15, 0.2) is 36.7 Å². The summed E-state index contributed by atoms with van der Waals surface area (Å²) in [6.45, 7) is 3.93. The average Bonchev–Trinajstić information content (AvgIpc) is 2.84. The van der Waals surface area contributed by atoms with E-state index < -0.39 is 0 Å². The topological polar surface area (TPSA) is 50.2 Å². The standard InChI is InChI=1S/C20H28N4O/c1-23-15-17(13-22-23)12-20(25)21-14-18-8-4-5-9-19(18)16-24-10-6-2-3-7-11-24/h4-5,8-9,13,15H,2-3,6-7,10-12,14,16H2,1H3,(H,21,25). The summed E-state index contributed by atoms with van der Waals surface area (Å²) in [6.07, 6.45) is 9.29. The van der Waals surface area contributed by atoms with Gasteiger partial charge in [0.15, 0.2) is 0 Å². The van der Waals surface area contributed by atoms with Crippen LogP contribution in [-0.2, 0) is 31.4 Å². The highest BCUT2D eigenvalue weighted by atomic mass is 16.1. The highest BCUT2D eigenvalue weighted by Gasteiger charge is 2.12. The number of hydrogen-bond donors (Lipinski definition) is 1. The predicted molar refractivity (Wildman–Crippen MR) is 98.9 cm³/mol. The minimum atomic E-state index is 0.0394. The SMILES string of the molecule is Cn1cc(CC(=O)NCc2ccccc2CN2CCCCCC2)cn1. The van der Waals surface area contributed by atoms with Gasteiger partial charge in [0.1, 0.15) is 0 Å². The van der Waals surface area contributed by atoms with E-state index in [1.165, 1.54) is 49.9 Å². The molecular formula is C20H28N4O. The minimum absolute atomic E-state index is 0.0394. The maximum absolute atomic E-state index is 12.2. The lowest BCUT2D eigenvalue weighted by molar-refractivity contribution is -0.120. The van der Waals surface area contributed by atoms with Crippen LogP contribution < -0.4 is 5.32 Å². The lowest BCUT2D eigenvalue weighted by Gasteiger charge is -2.21. The van der Waals surface area contributed by atoms with Crippen molar-refractivity contribution in [3.8, 4) is 0 Å². The van der Waals surface area contributed by atoms with E-state index in [1.54, 1.807) is 10.9 Å². The Bertz CT molecular complexity index is 687. The van der Waals surface area contributed by atoms with Crippen molar-refractivity contribution >= 4 is 5.91 Å². The van der Waals surface area contributed by atoms with Crippen LogP contribution >= 0.6 is 0 Å². The third kappa shape index (κ3) is 5.43. The number of carbonyl (C=O) groups excluding carboxylic acids is 1. The number of hydrogen-bond acceptors (Lipinski definition) is 3.